The van der Waals surface area contributed by atoms with E-state index in [0.29, 0.717) is 19.3 Å². The van der Waals surface area contributed by atoms with E-state index in [4.69, 9.17) is 14.2 Å². The van der Waals surface area contributed by atoms with Crippen LogP contribution in [0.15, 0.2) is 72.9 Å². The van der Waals surface area contributed by atoms with Gasteiger partial charge in [-0.25, -0.2) is 0 Å². The predicted molar refractivity (Wildman–Crippen MR) is 242 cm³/mol. The third-order valence-corrected chi connectivity index (χ3v) is 9.80. The predicted octanol–water partition coefficient (Wildman–Crippen LogP) is 15.1. The van der Waals surface area contributed by atoms with Crippen LogP contribution in [0.5, 0.6) is 0 Å². The summed E-state index contributed by atoms with van der Waals surface area (Å²) >= 11 is 0. The highest BCUT2D eigenvalue weighted by Crippen LogP contribution is 2.14. The Morgan fingerprint density at radius 1 is 0.386 bits per heavy atom. The van der Waals surface area contributed by atoms with E-state index in [-0.39, 0.29) is 37.5 Å². The molecule has 0 aromatic rings. The number of hydrogen-bond donors (Lipinski definition) is 0. The fourth-order valence-corrected chi connectivity index (χ4v) is 6.31. The van der Waals surface area contributed by atoms with Crippen molar-refractivity contribution >= 4 is 17.9 Å². The van der Waals surface area contributed by atoms with Crippen molar-refractivity contribution in [1.29, 1.82) is 0 Å². The quantitative estimate of drug-likeness (QED) is 0.0202. The smallest absolute Gasteiger partial charge is 0.306 e. The maximum atomic E-state index is 12.7. The zero-order valence-electron chi connectivity index (χ0n) is 37.1. The van der Waals surface area contributed by atoms with Gasteiger partial charge in [-0.2, -0.15) is 0 Å². The van der Waals surface area contributed by atoms with Gasteiger partial charge in [-0.1, -0.05) is 203 Å². The average Bonchev–Trinajstić information content (AvgIpc) is 3.21. The molecule has 0 aliphatic heterocycles. The van der Waals surface area contributed by atoms with E-state index in [9.17, 15) is 14.4 Å². The topological polar surface area (TPSA) is 78.9 Å². The molecule has 57 heavy (non-hydrogen) atoms. The number of rotatable bonds is 41. The number of hydrogen-bond acceptors (Lipinski definition) is 6. The summed E-state index contributed by atoms with van der Waals surface area (Å²) in [6.45, 7) is 6.33. The van der Waals surface area contributed by atoms with E-state index in [0.717, 1.165) is 96.3 Å². The fraction of sp³-hybridized carbons (Fsp3) is 0.706. The van der Waals surface area contributed by atoms with Crippen LogP contribution in [0.4, 0.5) is 0 Å². The maximum absolute atomic E-state index is 12.7. The third kappa shape index (κ3) is 43.8. The Morgan fingerprint density at radius 2 is 0.772 bits per heavy atom. The second kappa shape index (κ2) is 45.6. The Morgan fingerprint density at radius 3 is 1.28 bits per heavy atom. The van der Waals surface area contributed by atoms with E-state index < -0.39 is 6.10 Å². The summed E-state index contributed by atoms with van der Waals surface area (Å²) in [6.07, 6.45) is 56.0. The Bertz CT molecular complexity index is 1100. The summed E-state index contributed by atoms with van der Waals surface area (Å²) in [5, 5.41) is 0. The number of ether oxygens (including phenoxy) is 3. The van der Waals surface area contributed by atoms with Gasteiger partial charge in [0.25, 0.3) is 0 Å². The number of carbonyl (C=O) groups excluding carboxylic acids is 3. The largest absolute Gasteiger partial charge is 0.462 e. The van der Waals surface area contributed by atoms with Crippen LogP contribution < -0.4 is 0 Å². The monoisotopic (exact) mass is 795 g/mol. The molecular weight excluding hydrogens is 709 g/mol. The van der Waals surface area contributed by atoms with Gasteiger partial charge in [0.05, 0.1) is 0 Å². The fourth-order valence-electron chi connectivity index (χ4n) is 6.31. The molecule has 6 nitrogen and oxygen atoms in total. The van der Waals surface area contributed by atoms with Gasteiger partial charge in [0.2, 0.25) is 0 Å². The van der Waals surface area contributed by atoms with Crippen molar-refractivity contribution in [3.63, 3.8) is 0 Å². The van der Waals surface area contributed by atoms with Crippen LogP contribution >= 0.6 is 0 Å². The molecule has 1 unspecified atom stereocenters. The van der Waals surface area contributed by atoms with Gasteiger partial charge < -0.3 is 14.2 Å². The normalized spacial score (nSPS) is 12.7. The van der Waals surface area contributed by atoms with E-state index in [1.807, 2.05) is 36.5 Å². The van der Waals surface area contributed by atoms with Crippen molar-refractivity contribution in [3.05, 3.63) is 72.9 Å². The molecule has 0 amide bonds. The molecule has 0 N–H and O–H groups in total. The first-order chi connectivity index (χ1) is 28.0. The van der Waals surface area contributed by atoms with Gasteiger partial charge in [0.15, 0.2) is 6.10 Å². The van der Waals surface area contributed by atoms with Crippen molar-refractivity contribution in [2.45, 2.75) is 219 Å². The van der Waals surface area contributed by atoms with Crippen LogP contribution in [-0.4, -0.2) is 37.2 Å². The molecule has 0 bridgehead atoms. The van der Waals surface area contributed by atoms with Gasteiger partial charge in [-0.15, -0.1) is 0 Å². The molecule has 0 aromatic heterocycles. The molecule has 0 aliphatic rings. The van der Waals surface area contributed by atoms with Crippen molar-refractivity contribution in [2.75, 3.05) is 13.2 Å². The first-order valence-electron chi connectivity index (χ1n) is 23.5. The lowest BCUT2D eigenvalue weighted by Crippen LogP contribution is -2.30. The third-order valence-electron chi connectivity index (χ3n) is 9.80. The Kier molecular flexibility index (Phi) is 43.0. The van der Waals surface area contributed by atoms with Crippen molar-refractivity contribution in [3.8, 4) is 0 Å². The molecule has 0 saturated carbocycles. The van der Waals surface area contributed by atoms with Crippen LogP contribution in [0, 0.1) is 0 Å². The highest BCUT2D eigenvalue weighted by atomic mass is 16.6. The maximum Gasteiger partial charge on any atom is 0.306 e. The van der Waals surface area contributed by atoms with Gasteiger partial charge in [0, 0.05) is 19.3 Å². The average molecular weight is 795 g/mol. The first-order valence-corrected chi connectivity index (χ1v) is 23.5. The number of esters is 3. The summed E-state index contributed by atoms with van der Waals surface area (Å²) in [4.78, 5) is 37.8. The molecule has 0 spiro atoms. The minimum atomic E-state index is -0.798. The van der Waals surface area contributed by atoms with Crippen molar-refractivity contribution in [1.82, 2.24) is 0 Å². The van der Waals surface area contributed by atoms with Crippen LogP contribution in [0.2, 0.25) is 0 Å². The molecule has 0 saturated heterocycles. The zero-order chi connectivity index (χ0) is 41.5. The summed E-state index contributed by atoms with van der Waals surface area (Å²) < 4.78 is 16.7. The molecule has 0 radical (unpaired) electrons. The molecule has 0 fully saturated rings. The van der Waals surface area contributed by atoms with Crippen LogP contribution in [-0.2, 0) is 28.6 Å². The van der Waals surface area contributed by atoms with Gasteiger partial charge in [0.1, 0.15) is 13.2 Å². The number of unbranched alkanes of at least 4 members (excludes halogenated alkanes) is 21. The van der Waals surface area contributed by atoms with Crippen LogP contribution in [0.1, 0.15) is 213 Å². The lowest BCUT2D eigenvalue weighted by Gasteiger charge is -2.18. The van der Waals surface area contributed by atoms with E-state index in [2.05, 4.69) is 57.2 Å². The lowest BCUT2D eigenvalue weighted by molar-refractivity contribution is -0.167. The second-order valence-electron chi connectivity index (χ2n) is 15.4. The Hall–Kier alpha value is -3.15. The number of allylic oxidation sites excluding steroid dienone is 12. The van der Waals surface area contributed by atoms with E-state index in [1.54, 1.807) is 0 Å². The van der Waals surface area contributed by atoms with Crippen molar-refractivity contribution in [2.24, 2.45) is 0 Å². The Balaban J connectivity index is 4.45. The highest BCUT2D eigenvalue weighted by Gasteiger charge is 2.19. The van der Waals surface area contributed by atoms with Gasteiger partial charge in [-0.3, -0.25) is 14.4 Å². The minimum absolute atomic E-state index is 0.0951. The second-order valence-corrected chi connectivity index (χ2v) is 15.4. The van der Waals surface area contributed by atoms with E-state index >= 15 is 0 Å². The summed E-state index contributed by atoms with van der Waals surface area (Å²) in [5.41, 5.74) is 0. The molecule has 0 rings (SSSR count). The molecule has 1 atom stereocenters. The van der Waals surface area contributed by atoms with Crippen LogP contribution in [0.25, 0.3) is 0 Å². The standard InChI is InChI=1S/C51H86O6/c1-4-7-10-13-16-19-22-25-27-29-32-35-38-41-44-50(53)56-47-48(46-55-49(52)43-40-37-34-31-28-24-21-18-15-12-9-6-3)57-51(54)45-42-39-36-33-30-26-23-20-17-14-11-8-5-2/h8-9,11-12,14,17-18,20-21,23,26,30,48H,4-7,10,13,15-16,19,22,24-25,27-29,31-47H2,1-3H3/b11-8-,12-9-,17-14-,21-18-,23-20-,30-26-. The van der Waals surface area contributed by atoms with Gasteiger partial charge in [-0.05, 0) is 64.2 Å². The molecule has 0 aromatic carbocycles. The SMILES string of the molecule is CC\C=C/C=C\C=C/C=C\CCCCCC(=O)OC(COC(=O)CCCCCCC/C=C\C/C=C\CC)COC(=O)CCCCCCCCCCCCCCCC. The highest BCUT2D eigenvalue weighted by molar-refractivity contribution is 5.71. The van der Waals surface area contributed by atoms with Crippen molar-refractivity contribution < 1.29 is 28.6 Å². The summed E-state index contributed by atoms with van der Waals surface area (Å²) in [5.74, 6) is -0.953. The van der Waals surface area contributed by atoms with Crippen LogP contribution in [0.3, 0.4) is 0 Å². The molecule has 326 valence electrons. The molecule has 0 heterocycles. The Labute approximate surface area is 351 Å². The number of carbonyl (C=O) groups is 3. The zero-order valence-corrected chi connectivity index (χ0v) is 37.1. The summed E-state index contributed by atoms with van der Waals surface area (Å²) in [7, 11) is 0. The molecule has 6 heteroatoms. The first kappa shape index (κ1) is 53.9. The molecular formula is C51H86O6. The molecule has 0 aliphatic carbocycles. The van der Waals surface area contributed by atoms with E-state index in [1.165, 1.54) is 70.6 Å². The van der Waals surface area contributed by atoms with Gasteiger partial charge >= 0.3 is 17.9 Å². The lowest BCUT2D eigenvalue weighted by atomic mass is 10.0. The minimum Gasteiger partial charge on any atom is -0.462 e. The summed E-state index contributed by atoms with van der Waals surface area (Å²) in [6, 6.07) is 0.